The highest BCUT2D eigenvalue weighted by Gasteiger charge is 2.05. The van der Waals surface area contributed by atoms with E-state index in [9.17, 15) is 4.79 Å². The molecule has 17 heavy (non-hydrogen) atoms. The molecule has 4 nitrogen and oxygen atoms in total. The van der Waals surface area contributed by atoms with E-state index < -0.39 is 5.97 Å². The topological polar surface area (TPSA) is 76.2 Å². The molecule has 0 bridgehead atoms. The summed E-state index contributed by atoms with van der Waals surface area (Å²) in [7, 11) is 0. The van der Waals surface area contributed by atoms with E-state index in [1.165, 1.54) is 0 Å². The average molecular weight is 230 g/mol. The molecule has 2 aromatic rings. The van der Waals surface area contributed by atoms with E-state index in [-0.39, 0.29) is 6.42 Å². The minimum atomic E-state index is -0.798. The zero-order chi connectivity index (χ0) is 12.4. The Morgan fingerprint density at radius 1 is 1.47 bits per heavy atom. The minimum absolute atomic E-state index is 0.120. The molecule has 0 aliphatic heterocycles. The first-order chi connectivity index (χ1) is 8.08. The lowest BCUT2D eigenvalue weighted by atomic mass is 10.1. The van der Waals surface area contributed by atoms with Crippen molar-refractivity contribution >= 4 is 22.6 Å². The van der Waals surface area contributed by atoms with E-state index in [4.69, 9.17) is 10.8 Å². The van der Waals surface area contributed by atoms with E-state index >= 15 is 0 Å². The zero-order valence-electron chi connectivity index (χ0n) is 9.60. The summed E-state index contributed by atoms with van der Waals surface area (Å²) in [5.41, 5.74) is 9.33. The van der Waals surface area contributed by atoms with Gasteiger partial charge < -0.3 is 10.8 Å². The van der Waals surface area contributed by atoms with E-state index in [0.29, 0.717) is 12.1 Å². The second-order valence-corrected chi connectivity index (χ2v) is 4.11. The number of nitrogen functional groups attached to an aromatic ring is 1. The van der Waals surface area contributed by atoms with Gasteiger partial charge in [0.1, 0.15) is 0 Å². The second-order valence-electron chi connectivity index (χ2n) is 4.11. The molecule has 0 aliphatic rings. The molecule has 2 rings (SSSR count). The van der Waals surface area contributed by atoms with E-state index in [2.05, 4.69) is 4.98 Å². The number of nitrogens with two attached hydrogens (primary N) is 1. The number of rotatable bonds is 3. The maximum Gasteiger partial charge on any atom is 0.303 e. The van der Waals surface area contributed by atoms with Crippen LogP contribution in [0.3, 0.4) is 0 Å². The molecule has 0 fully saturated rings. The smallest absolute Gasteiger partial charge is 0.303 e. The van der Waals surface area contributed by atoms with Crippen LogP contribution < -0.4 is 5.73 Å². The number of anilines is 1. The van der Waals surface area contributed by atoms with Crippen molar-refractivity contribution in [2.45, 2.75) is 19.8 Å². The van der Waals surface area contributed by atoms with Gasteiger partial charge in [-0.1, -0.05) is 12.1 Å². The normalized spacial score (nSPS) is 10.6. The minimum Gasteiger partial charge on any atom is -0.481 e. The molecule has 1 heterocycles. The van der Waals surface area contributed by atoms with Gasteiger partial charge in [-0.25, -0.2) is 0 Å². The van der Waals surface area contributed by atoms with Crippen molar-refractivity contribution < 1.29 is 9.90 Å². The van der Waals surface area contributed by atoms with Crippen LogP contribution in [0.25, 0.3) is 10.9 Å². The summed E-state index contributed by atoms with van der Waals surface area (Å²) < 4.78 is 0. The zero-order valence-corrected chi connectivity index (χ0v) is 9.60. The number of hydrogen-bond acceptors (Lipinski definition) is 3. The molecule has 0 saturated heterocycles. The number of nitrogens with zero attached hydrogens (tertiary/aromatic N) is 1. The predicted molar refractivity (Wildman–Crippen MR) is 66.8 cm³/mol. The highest BCUT2D eigenvalue weighted by molar-refractivity contribution is 5.91. The Morgan fingerprint density at radius 3 is 2.94 bits per heavy atom. The fourth-order valence-electron chi connectivity index (χ4n) is 1.76. The number of carboxylic acid groups (broad SMARTS) is 1. The molecule has 4 heteroatoms. The van der Waals surface area contributed by atoms with Gasteiger partial charge in [-0.3, -0.25) is 9.78 Å². The average Bonchev–Trinajstić information content (AvgIpc) is 2.31. The van der Waals surface area contributed by atoms with Crippen LogP contribution in [0.1, 0.15) is 17.5 Å². The third-order valence-electron chi connectivity index (χ3n) is 2.79. The van der Waals surface area contributed by atoms with Gasteiger partial charge in [-0.2, -0.15) is 0 Å². The van der Waals surface area contributed by atoms with Crippen LogP contribution in [0, 0.1) is 6.92 Å². The van der Waals surface area contributed by atoms with E-state index in [1.54, 1.807) is 6.20 Å². The molecular weight excluding hydrogens is 216 g/mol. The maximum atomic E-state index is 10.5. The molecule has 1 aromatic carbocycles. The van der Waals surface area contributed by atoms with Gasteiger partial charge in [-0.05, 0) is 30.5 Å². The molecule has 0 unspecified atom stereocenters. The summed E-state index contributed by atoms with van der Waals surface area (Å²) in [4.78, 5) is 14.8. The van der Waals surface area contributed by atoms with Crippen LogP contribution in [0.15, 0.2) is 24.4 Å². The lowest BCUT2D eigenvalue weighted by molar-refractivity contribution is -0.136. The number of benzene rings is 1. The van der Waals surface area contributed by atoms with Crippen LogP contribution in [0.4, 0.5) is 5.69 Å². The molecule has 0 atom stereocenters. The fraction of sp³-hybridized carbons (Fsp3) is 0.231. The van der Waals surface area contributed by atoms with Crippen LogP contribution in [0.2, 0.25) is 0 Å². The van der Waals surface area contributed by atoms with Gasteiger partial charge in [0.05, 0.1) is 11.2 Å². The van der Waals surface area contributed by atoms with Crippen molar-refractivity contribution in [3.05, 3.63) is 35.5 Å². The Labute approximate surface area is 99.1 Å². The molecule has 0 aliphatic carbocycles. The van der Waals surface area contributed by atoms with Gasteiger partial charge in [-0.15, -0.1) is 0 Å². The monoisotopic (exact) mass is 230 g/mol. The van der Waals surface area contributed by atoms with Gasteiger partial charge in [0.15, 0.2) is 0 Å². The molecule has 0 spiro atoms. The van der Waals surface area contributed by atoms with E-state index in [0.717, 1.165) is 22.0 Å². The van der Waals surface area contributed by atoms with Crippen LogP contribution in [-0.4, -0.2) is 16.1 Å². The predicted octanol–water partition coefficient (Wildman–Crippen LogP) is 2.14. The van der Waals surface area contributed by atoms with Gasteiger partial charge in [0, 0.05) is 18.0 Å². The number of aliphatic carboxylic acids is 1. The van der Waals surface area contributed by atoms with Crippen molar-refractivity contribution in [3.63, 3.8) is 0 Å². The molecule has 0 saturated carbocycles. The quantitative estimate of drug-likeness (QED) is 0.792. The highest BCUT2D eigenvalue weighted by atomic mass is 16.4. The Hall–Kier alpha value is -2.10. The van der Waals surface area contributed by atoms with Crippen LogP contribution >= 0.6 is 0 Å². The molecular formula is C13H14N2O2. The number of pyridine rings is 1. The SMILES string of the molecule is Cc1ccc2cc(CCC(=O)O)cnc2c1N. The summed E-state index contributed by atoms with van der Waals surface area (Å²) in [5.74, 6) is -0.798. The Bertz CT molecular complexity index is 579. The molecule has 0 radical (unpaired) electrons. The van der Waals surface area contributed by atoms with Gasteiger partial charge >= 0.3 is 5.97 Å². The van der Waals surface area contributed by atoms with Crippen molar-refractivity contribution in [3.8, 4) is 0 Å². The lowest BCUT2D eigenvalue weighted by Gasteiger charge is -2.06. The number of hydrogen-bond donors (Lipinski definition) is 2. The number of fused-ring (bicyclic) bond motifs is 1. The number of carbonyl (C=O) groups is 1. The van der Waals surface area contributed by atoms with Crippen molar-refractivity contribution in [1.29, 1.82) is 0 Å². The van der Waals surface area contributed by atoms with Gasteiger partial charge in [0.25, 0.3) is 0 Å². The van der Waals surface area contributed by atoms with Crippen molar-refractivity contribution in [2.75, 3.05) is 5.73 Å². The largest absolute Gasteiger partial charge is 0.481 e. The van der Waals surface area contributed by atoms with E-state index in [1.807, 2.05) is 25.1 Å². The van der Waals surface area contributed by atoms with Crippen LogP contribution in [-0.2, 0) is 11.2 Å². The summed E-state index contributed by atoms with van der Waals surface area (Å²) in [5, 5.41) is 9.58. The summed E-state index contributed by atoms with van der Waals surface area (Å²) in [6.07, 6.45) is 2.31. The Balaban J connectivity index is 2.38. The molecule has 88 valence electrons. The van der Waals surface area contributed by atoms with Gasteiger partial charge in [0.2, 0.25) is 0 Å². The Kier molecular flexibility index (Phi) is 2.95. The first-order valence-corrected chi connectivity index (χ1v) is 5.43. The first kappa shape index (κ1) is 11.4. The summed E-state index contributed by atoms with van der Waals surface area (Å²) in [6, 6.07) is 5.85. The van der Waals surface area contributed by atoms with Crippen molar-refractivity contribution in [2.24, 2.45) is 0 Å². The molecule has 1 aromatic heterocycles. The van der Waals surface area contributed by atoms with Crippen molar-refractivity contribution in [1.82, 2.24) is 4.98 Å². The molecule has 3 N–H and O–H groups in total. The number of aromatic nitrogens is 1. The maximum absolute atomic E-state index is 10.5. The fourth-order valence-corrected chi connectivity index (χ4v) is 1.76. The summed E-state index contributed by atoms with van der Waals surface area (Å²) >= 11 is 0. The third kappa shape index (κ3) is 2.36. The Morgan fingerprint density at radius 2 is 2.24 bits per heavy atom. The lowest BCUT2D eigenvalue weighted by Crippen LogP contribution is -1.99. The van der Waals surface area contributed by atoms with Crippen LogP contribution in [0.5, 0.6) is 0 Å². The standard InChI is InChI=1S/C13H14N2O2/c1-8-2-4-10-6-9(3-5-11(16)17)7-15-13(10)12(8)14/h2,4,6-7H,3,5,14H2,1H3,(H,16,17). The first-order valence-electron chi connectivity index (χ1n) is 5.43. The molecule has 0 amide bonds. The number of aryl methyl sites for hydroxylation is 2. The highest BCUT2D eigenvalue weighted by Crippen LogP contribution is 2.23. The summed E-state index contributed by atoms with van der Waals surface area (Å²) in [6.45, 7) is 1.94. The second kappa shape index (κ2) is 4.41. The number of carboxylic acids is 1. The third-order valence-corrected chi connectivity index (χ3v) is 2.79.